The fourth-order valence-corrected chi connectivity index (χ4v) is 2.77. The Balaban J connectivity index is 1.99. The van der Waals surface area contributed by atoms with Crippen molar-refractivity contribution in [2.75, 3.05) is 13.6 Å². The van der Waals surface area contributed by atoms with Gasteiger partial charge in [0.05, 0.1) is 30.3 Å². The molecular formula is C19H20BFN4O4. The van der Waals surface area contributed by atoms with Gasteiger partial charge in [-0.05, 0) is 30.2 Å². The van der Waals surface area contributed by atoms with Gasteiger partial charge in [0.15, 0.2) is 0 Å². The lowest BCUT2D eigenvalue weighted by Gasteiger charge is -2.17. The molecule has 0 unspecified atom stereocenters. The van der Waals surface area contributed by atoms with Crippen LogP contribution in [0.1, 0.15) is 35.4 Å². The molecule has 8 nitrogen and oxygen atoms in total. The molecule has 1 amide bonds. The summed E-state index contributed by atoms with van der Waals surface area (Å²) in [6, 6.07) is 5.59. The average Bonchev–Trinajstić information content (AvgIpc) is 3.20. The van der Waals surface area contributed by atoms with Crippen LogP contribution < -0.4 is 11.2 Å². The molecule has 2 aromatic heterocycles. The predicted molar refractivity (Wildman–Crippen MR) is 105 cm³/mol. The van der Waals surface area contributed by atoms with E-state index in [0.717, 1.165) is 6.07 Å². The van der Waals surface area contributed by atoms with Crippen molar-refractivity contribution >= 4 is 18.5 Å². The zero-order valence-corrected chi connectivity index (χ0v) is 15.0. The predicted octanol–water partition coefficient (Wildman–Crippen LogP) is 0.489. The number of benzene rings is 1. The monoisotopic (exact) mass is 403 g/mol. The third-order valence-corrected chi connectivity index (χ3v) is 4.29. The molecule has 0 aliphatic heterocycles. The molecule has 0 saturated carbocycles. The molecular weight excluding hydrogens is 378 g/mol. The standard InChI is InChI=1S/C19H20BFN4O4/c1-29-7-6-18(17-5-3-14(10-23-17)20(27)28)25-11-13(9-24-25)12-2-4-15(19(22)26)16(21)8-12/h2-5,8-11,18,27-28H,6-7H2,1H3,(H2,22,26)/t18-/m1/s1/i1D3,7D2. The first-order valence-electron chi connectivity index (χ1n) is 10.9. The summed E-state index contributed by atoms with van der Waals surface area (Å²) >= 11 is 0. The molecule has 10 heteroatoms. The molecule has 0 saturated heterocycles. The first-order valence-corrected chi connectivity index (χ1v) is 8.42. The number of rotatable bonds is 8. The molecule has 1 atom stereocenters. The van der Waals surface area contributed by atoms with Crippen LogP contribution in [0.4, 0.5) is 4.39 Å². The summed E-state index contributed by atoms with van der Waals surface area (Å²) in [6.45, 7) is -2.62. The molecule has 0 aliphatic rings. The van der Waals surface area contributed by atoms with Gasteiger partial charge in [-0.25, -0.2) is 4.39 Å². The maximum absolute atomic E-state index is 14.2. The van der Waals surface area contributed by atoms with Gasteiger partial charge in [-0.3, -0.25) is 14.5 Å². The van der Waals surface area contributed by atoms with Crippen LogP contribution in [0.25, 0.3) is 11.1 Å². The van der Waals surface area contributed by atoms with Crippen LogP contribution in [-0.2, 0) is 4.74 Å². The summed E-state index contributed by atoms with van der Waals surface area (Å²) in [7, 11) is -4.76. The fraction of sp³-hybridized carbons (Fsp3) is 0.211. The van der Waals surface area contributed by atoms with Crippen LogP contribution in [0.15, 0.2) is 48.9 Å². The number of halogens is 1. The van der Waals surface area contributed by atoms with Gasteiger partial charge in [-0.1, -0.05) is 12.1 Å². The zero-order chi connectivity index (χ0) is 25.3. The van der Waals surface area contributed by atoms with E-state index in [1.165, 1.54) is 47.5 Å². The molecule has 0 fully saturated rings. The Morgan fingerprint density at radius 1 is 1.38 bits per heavy atom. The SMILES string of the molecule is [2H]C([2H])([2H])OC([2H])([2H])C[C@H](c1ccc(B(O)O)cn1)n1cc(-c2ccc(C(N)=O)c(F)c2)cn1. The van der Waals surface area contributed by atoms with Crippen LogP contribution in [0.2, 0.25) is 0 Å². The molecule has 0 spiro atoms. The number of amides is 1. The van der Waals surface area contributed by atoms with E-state index >= 15 is 0 Å². The number of hydrogen-bond acceptors (Lipinski definition) is 6. The van der Waals surface area contributed by atoms with Crippen molar-refractivity contribution in [1.29, 1.82) is 0 Å². The molecule has 2 heterocycles. The van der Waals surface area contributed by atoms with E-state index in [0.29, 0.717) is 11.1 Å². The van der Waals surface area contributed by atoms with E-state index < -0.39 is 44.9 Å². The first-order chi connectivity index (χ1) is 15.8. The quantitative estimate of drug-likeness (QED) is 0.471. The Morgan fingerprint density at radius 3 is 2.83 bits per heavy atom. The lowest BCUT2D eigenvalue weighted by atomic mass is 9.81. The van der Waals surface area contributed by atoms with E-state index in [1.54, 1.807) is 0 Å². The van der Waals surface area contributed by atoms with Crippen LogP contribution in [-0.4, -0.2) is 51.4 Å². The number of carbonyl (C=O) groups excluding carboxylic acids is 1. The van der Waals surface area contributed by atoms with Gasteiger partial charge in [0.25, 0.3) is 5.91 Å². The van der Waals surface area contributed by atoms with Crippen molar-refractivity contribution in [1.82, 2.24) is 14.8 Å². The largest absolute Gasteiger partial charge is 0.490 e. The van der Waals surface area contributed by atoms with E-state index in [1.807, 2.05) is 0 Å². The van der Waals surface area contributed by atoms with E-state index in [-0.39, 0.29) is 16.7 Å². The third kappa shape index (κ3) is 4.68. The number of carbonyl (C=O) groups is 1. The second kappa shape index (κ2) is 8.95. The number of hydrogen-bond donors (Lipinski definition) is 3. The van der Waals surface area contributed by atoms with Gasteiger partial charge in [-0.2, -0.15) is 5.10 Å². The minimum Gasteiger partial charge on any atom is -0.423 e. The summed E-state index contributed by atoms with van der Waals surface area (Å²) in [6.07, 6.45) is 3.49. The van der Waals surface area contributed by atoms with E-state index in [4.69, 9.17) is 12.6 Å². The molecule has 3 aromatic rings. The third-order valence-electron chi connectivity index (χ3n) is 4.29. The number of nitrogens with two attached hydrogens (primary N) is 1. The Morgan fingerprint density at radius 2 is 2.21 bits per heavy atom. The summed E-state index contributed by atoms with van der Waals surface area (Å²) in [5.41, 5.74) is 5.94. The van der Waals surface area contributed by atoms with Crippen molar-refractivity contribution in [2.45, 2.75) is 12.5 Å². The molecule has 4 N–H and O–H groups in total. The number of nitrogens with zero attached hydrogens (tertiary/aromatic N) is 3. The second-order valence-corrected chi connectivity index (χ2v) is 6.12. The fourth-order valence-electron chi connectivity index (χ4n) is 2.77. The average molecular weight is 403 g/mol. The molecule has 0 bridgehead atoms. The number of ether oxygens (including phenoxy) is 1. The Labute approximate surface area is 173 Å². The second-order valence-electron chi connectivity index (χ2n) is 6.12. The molecule has 29 heavy (non-hydrogen) atoms. The first kappa shape index (κ1) is 14.9. The smallest absolute Gasteiger partial charge is 0.423 e. The van der Waals surface area contributed by atoms with Gasteiger partial charge in [0.1, 0.15) is 5.82 Å². The summed E-state index contributed by atoms with van der Waals surface area (Å²) in [4.78, 5) is 15.4. The lowest BCUT2D eigenvalue weighted by Crippen LogP contribution is -2.30. The Kier molecular flexibility index (Phi) is 4.59. The minimum absolute atomic E-state index is 0.0930. The van der Waals surface area contributed by atoms with Crippen LogP contribution in [0, 0.1) is 5.82 Å². The topological polar surface area (TPSA) is 123 Å². The number of methoxy groups -OCH3 is 1. The van der Waals surface area contributed by atoms with Gasteiger partial charge in [-0.15, -0.1) is 0 Å². The van der Waals surface area contributed by atoms with E-state index in [2.05, 4.69) is 14.8 Å². The Hall–Kier alpha value is -3.08. The van der Waals surface area contributed by atoms with E-state index in [9.17, 15) is 19.2 Å². The number of aromatic nitrogens is 3. The maximum Gasteiger partial charge on any atom is 0.490 e. The van der Waals surface area contributed by atoms with Gasteiger partial charge >= 0.3 is 7.12 Å². The molecule has 3 rings (SSSR count). The van der Waals surface area contributed by atoms with Crippen molar-refractivity contribution in [2.24, 2.45) is 5.73 Å². The summed E-state index contributed by atoms with van der Waals surface area (Å²) in [5, 5.41) is 22.8. The van der Waals surface area contributed by atoms with Gasteiger partial charge in [0.2, 0.25) is 0 Å². The van der Waals surface area contributed by atoms with Crippen molar-refractivity contribution in [3.63, 3.8) is 0 Å². The normalized spacial score (nSPS) is 15.5. The zero-order valence-electron chi connectivity index (χ0n) is 20.0. The van der Waals surface area contributed by atoms with Crippen molar-refractivity contribution < 1.29 is 30.8 Å². The highest BCUT2D eigenvalue weighted by atomic mass is 19.1. The van der Waals surface area contributed by atoms with Crippen LogP contribution in [0.5, 0.6) is 0 Å². The molecule has 0 radical (unpaired) electrons. The highest BCUT2D eigenvalue weighted by molar-refractivity contribution is 6.58. The summed E-state index contributed by atoms with van der Waals surface area (Å²) < 4.78 is 57.8. The minimum atomic E-state index is -3.00. The van der Waals surface area contributed by atoms with Crippen molar-refractivity contribution in [3.8, 4) is 11.1 Å². The highest BCUT2D eigenvalue weighted by Gasteiger charge is 2.19. The lowest BCUT2D eigenvalue weighted by molar-refractivity contribution is 0.0996. The summed E-state index contributed by atoms with van der Waals surface area (Å²) in [5.74, 6) is -1.74. The maximum atomic E-state index is 14.2. The molecule has 150 valence electrons. The number of primary amides is 1. The molecule has 1 aromatic carbocycles. The number of pyridine rings is 1. The van der Waals surface area contributed by atoms with Crippen LogP contribution >= 0.6 is 0 Å². The van der Waals surface area contributed by atoms with Gasteiger partial charge < -0.3 is 20.5 Å². The van der Waals surface area contributed by atoms with Crippen molar-refractivity contribution in [3.05, 3.63) is 66.0 Å². The van der Waals surface area contributed by atoms with Gasteiger partial charge in [0, 0.05) is 37.0 Å². The highest BCUT2D eigenvalue weighted by Crippen LogP contribution is 2.25. The Bertz CT molecular complexity index is 1170. The molecule has 0 aliphatic carbocycles. The van der Waals surface area contributed by atoms with Crippen LogP contribution in [0.3, 0.4) is 0 Å².